The number of hydrogen-bond acceptors (Lipinski definition) is 5. The van der Waals surface area contributed by atoms with E-state index in [9.17, 15) is 23.2 Å². The van der Waals surface area contributed by atoms with Crippen molar-refractivity contribution in [1.82, 2.24) is 4.90 Å². The number of unbranched alkanes of at least 4 members (excludes halogenated alkanes) is 2. The molecule has 29 heavy (non-hydrogen) atoms. The van der Waals surface area contributed by atoms with Gasteiger partial charge < -0.3 is 9.52 Å². The lowest BCUT2D eigenvalue weighted by atomic mass is 10.1. The molecule has 2 heterocycles. The first-order valence-corrected chi connectivity index (χ1v) is 9.69. The highest BCUT2D eigenvalue weighted by Crippen LogP contribution is 2.34. The van der Waals surface area contributed by atoms with Crippen LogP contribution >= 0.6 is 11.8 Å². The summed E-state index contributed by atoms with van der Waals surface area (Å²) in [4.78, 5) is 36.3. The minimum absolute atomic E-state index is 0.0425. The van der Waals surface area contributed by atoms with Gasteiger partial charge in [-0.05, 0) is 54.9 Å². The zero-order valence-electron chi connectivity index (χ0n) is 15.2. The second-order valence-electron chi connectivity index (χ2n) is 6.36. The van der Waals surface area contributed by atoms with Crippen molar-refractivity contribution in [2.24, 2.45) is 0 Å². The molecule has 6 nitrogen and oxygen atoms in total. The lowest BCUT2D eigenvalue weighted by Crippen LogP contribution is -2.29. The number of nitrogens with zero attached hydrogens (tertiary/aromatic N) is 1. The minimum Gasteiger partial charge on any atom is -0.481 e. The monoisotopic (exact) mass is 421 g/mol. The SMILES string of the molecule is O=C(O)CCCCCN1C(=O)S/C(=C\c2ccc(-c3cc(F)ccc3F)o2)C1=O. The Kier molecular flexibility index (Phi) is 6.48. The summed E-state index contributed by atoms with van der Waals surface area (Å²) in [5.74, 6) is -2.26. The Labute approximate surface area is 169 Å². The van der Waals surface area contributed by atoms with E-state index in [1.807, 2.05) is 0 Å². The molecule has 0 saturated carbocycles. The fourth-order valence-electron chi connectivity index (χ4n) is 2.81. The number of carboxylic acid groups (broad SMARTS) is 1. The standard InChI is InChI=1S/C20H17F2NO5S/c21-12-5-7-15(22)14(10-12)16-8-6-13(28-16)11-17-19(26)23(20(27)29-17)9-3-1-2-4-18(24)25/h5-8,10-11H,1-4,9H2,(H,24,25)/b17-11-. The van der Waals surface area contributed by atoms with E-state index < -0.39 is 28.8 Å². The maximum Gasteiger partial charge on any atom is 0.303 e. The summed E-state index contributed by atoms with van der Waals surface area (Å²) in [5.41, 5.74) is -0.0425. The van der Waals surface area contributed by atoms with E-state index in [1.165, 1.54) is 18.2 Å². The van der Waals surface area contributed by atoms with Gasteiger partial charge in [0, 0.05) is 19.0 Å². The molecule has 1 aliphatic rings. The van der Waals surface area contributed by atoms with Gasteiger partial charge in [0.25, 0.3) is 11.1 Å². The number of carbonyl (C=O) groups excluding carboxylic acids is 2. The van der Waals surface area contributed by atoms with Crippen LogP contribution in [0.25, 0.3) is 17.4 Å². The van der Waals surface area contributed by atoms with Crippen LogP contribution < -0.4 is 0 Å². The van der Waals surface area contributed by atoms with E-state index in [1.54, 1.807) is 0 Å². The van der Waals surface area contributed by atoms with Crippen LogP contribution in [0.1, 0.15) is 31.4 Å². The van der Waals surface area contributed by atoms with E-state index in [2.05, 4.69) is 0 Å². The summed E-state index contributed by atoms with van der Waals surface area (Å²) in [7, 11) is 0. The number of carboxylic acids is 1. The predicted molar refractivity (Wildman–Crippen MR) is 103 cm³/mol. The molecule has 3 rings (SSSR count). The smallest absolute Gasteiger partial charge is 0.303 e. The minimum atomic E-state index is -0.880. The van der Waals surface area contributed by atoms with Gasteiger partial charge in [-0.1, -0.05) is 6.42 Å². The highest BCUT2D eigenvalue weighted by atomic mass is 32.2. The molecule has 0 aliphatic carbocycles. The van der Waals surface area contributed by atoms with Crippen LogP contribution in [0.2, 0.25) is 0 Å². The van der Waals surface area contributed by atoms with E-state index in [4.69, 9.17) is 9.52 Å². The maximum atomic E-state index is 13.9. The quantitative estimate of drug-likeness (QED) is 0.482. The maximum absolute atomic E-state index is 13.9. The molecule has 152 valence electrons. The largest absolute Gasteiger partial charge is 0.481 e. The molecular formula is C20H17F2NO5S. The van der Waals surface area contributed by atoms with E-state index in [0.717, 1.165) is 34.9 Å². The van der Waals surface area contributed by atoms with Gasteiger partial charge in [-0.3, -0.25) is 19.3 Å². The van der Waals surface area contributed by atoms with Crippen molar-refractivity contribution in [1.29, 1.82) is 0 Å². The molecule has 9 heteroatoms. The molecule has 1 saturated heterocycles. The lowest BCUT2D eigenvalue weighted by molar-refractivity contribution is -0.137. The van der Waals surface area contributed by atoms with E-state index >= 15 is 0 Å². The van der Waals surface area contributed by atoms with Crippen LogP contribution in [0, 0.1) is 11.6 Å². The van der Waals surface area contributed by atoms with Gasteiger partial charge in [0.1, 0.15) is 23.2 Å². The average molecular weight is 421 g/mol. The fourth-order valence-corrected chi connectivity index (χ4v) is 3.65. The highest BCUT2D eigenvalue weighted by Gasteiger charge is 2.34. The van der Waals surface area contributed by atoms with Crippen LogP contribution in [0.15, 0.2) is 39.7 Å². The van der Waals surface area contributed by atoms with E-state index in [0.29, 0.717) is 19.3 Å². The van der Waals surface area contributed by atoms with Gasteiger partial charge in [-0.25, -0.2) is 8.78 Å². The molecule has 0 spiro atoms. The number of hydrogen-bond donors (Lipinski definition) is 1. The molecular weight excluding hydrogens is 404 g/mol. The molecule has 2 amide bonds. The van der Waals surface area contributed by atoms with Gasteiger partial charge in [-0.2, -0.15) is 0 Å². The molecule has 1 fully saturated rings. The predicted octanol–water partition coefficient (Wildman–Crippen LogP) is 4.91. The molecule has 1 N–H and O–H groups in total. The number of imide groups is 1. The van der Waals surface area contributed by atoms with Gasteiger partial charge in [-0.15, -0.1) is 0 Å². The van der Waals surface area contributed by atoms with Gasteiger partial charge >= 0.3 is 5.97 Å². The Hall–Kier alpha value is -2.94. The topological polar surface area (TPSA) is 87.8 Å². The van der Waals surface area contributed by atoms with Gasteiger partial charge in [0.05, 0.1) is 10.5 Å². The van der Waals surface area contributed by atoms with Crippen molar-refractivity contribution >= 4 is 35.0 Å². The number of carbonyl (C=O) groups is 3. The molecule has 0 bridgehead atoms. The second-order valence-corrected chi connectivity index (χ2v) is 7.36. The summed E-state index contributed by atoms with van der Waals surface area (Å²) in [6, 6.07) is 5.96. The third-order valence-corrected chi connectivity index (χ3v) is 5.15. The van der Waals surface area contributed by atoms with Crippen molar-refractivity contribution in [3.63, 3.8) is 0 Å². The summed E-state index contributed by atoms with van der Waals surface area (Å²) >= 11 is 0.766. The second kappa shape index (κ2) is 9.04. The summed E-state index contributed by atoms with van der Waals surface area (Å²) in [6.07, 6.45) is 3.02. The zero-order chi connectivity index (χ0) is 21.0. The lowest BCUT2D eigenvalue weighted by Gasteiger charge is -2.11. The highest BCUT2D eigenvalue weighted by molar-refractivity contribution is 8.18. The van der Waals surface area contributed by atoms with Crippen LogP contribution in [0.4, 0.5) is 13.6 Å². The third kappa shape index (κ3) is 5.11. The summed E-state index contributed by atoms with van der Waals surface area (Å²) < 4.78 is 32.7. The van der Waals surface area contributed by atoms with Crippen LogP contribution in [0.5, 0.6) is 0 Å². The average Bonchev–Trinajstić information content (AvgIpc) is 3.23. The van der Waals surface area contributed by atoms with Crippen LogP contribution in [0.3, 0.4) is 0 Å². The first kappa shape index (κ1) is 20.8. The van der Waals surface area contributed by atoms with Crippen molar-refractivity contribution in [3.05, 3.63) is 52.6 Å². The first-order chi connectivity index (χ1) is 13.8. The Balaban J connectivity index is 1.66. The Bertz CT molecular complexity index is 985. The first-order valence-electron chi connectivity index (χ1n) is 8.87. The number of aliphatic carboxylic acids is 1. The Morgan fingerprint density at radius 1 is 1.14 bits per heavy atom. The normalized spacial score (nSPS) is 15.5. The molecule has 0 unspecified atom stereocenters. The van der Waals surface area contributed by atoms with Crippen molar-refractivity contribution in [2.45, 2.75) is 25.7 Å². The Morgan fingerprint density at radius 2 is 1.93 bits per heavy atom. The van der Waals surface area contributed by atoms with E-state index in [-0.39, 0.29) is 35.0 Å². The van der Waals surface area contributed by atoms with Gasteiger partial charge in [0.15, 0.2) is 0 Å². The number of rotatable bonds is 8. The number of furan rings is 1. The van der Waals surface area contributed by atoms with Crippen LogP contribution in [-0.4, -0.2) is 33.7 Å². The molecule has 0 radical (unpaired) electrons. The van der Waals surface area contributed by atoms with Crippen molar-refractivity contribution in [2.75, 3.05) is 6.54 Å². The van der Waals surface area contributed by atoms with Gasteiger partial charge in [0.2, 0.25) is 0 Å². The number of amides is 2. The summed E-state index contributed by atoms with van der Waals surface area (Å²) in [5, 5.41) is 8.19. The zero-order valence-corrected chi connectivity index (χ0v) is 16.0. The summed E-state index contributed by atoms with van der Waals surface area (Å²) in [6.45, 7) is 0.208. The number of thioether (sulfide) groups is 1. The van der Waals surface area contributed by atoms with Crippen LogP contribution in [-0.2, 0) is 9.59 Å². The van der Waals surface area contributed by atoms with Crippen molar-refractivity contribution < 1.29 is 32.7 Å². The molecule has 1 aromatic carbocycles. The number of halogens is 2. The molecule has 2 aromatic rings. The number of benzene rings is 1. The third-order valence-electron chi connectivity index (χ3n) is 4.24. The molecule has 1 aliphatic heterocycles. The van der Waals surface area contributed by atoms with Crippen molar-refractivity contribution in [3.8, 4) is 11.3 Å². The molecule has 1 aromatic heterocycles. The fraction of sp³-hybridized carbons (Fsp3) is 0.250. The Morgan fingerprint density at radius 3 is 2.69 bits per heavy atom. The molecule has 0 atom stereocenters.